The zero-order valence-electron chi connectivity index (χ0n) is 14.1. The number of fused-ring (bicyclic) bond motifs is 3. The van der Waals surface area contributed by atoms with Crippen LogP contribution in [0.1, 0.15) is 0 Å². The molecule has 27 heavy (non-hydrogen) atoms. The van der Waals surface area contributed by atoms with Gasteiger partial charge in [-0.15, -0.1) is 10.9 Å². The third kappa shape index (κ3) is 2.57. The molecule has 1 aromatic heterocycles. The van der Waals surface area contributed by atoms with Crippen LogP contribution in [-0.2, 0) is 0 Å². The number of hydrogen-bond acceptors (Lipinski definition) is 1. The minimum atomic E-state index is 0.141. The van der Waals surface area contributed by atoms with Crippen LogP contribution in [0.2, 0.25) is 5.02 Å². The molecule has 4 rings (SSSR count). The summed E-state index contributed by atoms with van der Waals surface area (Å²) in [4.78, 5) is 0. The highest BCUT2D eigenvalue weighted by atomic mass is 35.5. The predicted octanol–water partition coefficient (Wildman–Crippen LogP) is -2.54. The summed E-state index contributed by atoms with van der Waals surface area (Å²) in [7, 11) is 43.2. The van der Waals surface area contributed by atoms with E-state index in [1.54, 1.807) is 24.3 Å². The van der Waals surface area contributed by atoms with Gasteiger partial charge in [-0.2, -0.15) is 0 Å². The average Bonchev–Trinajstić information content (AvgIpc) is 3.06. The Morgan fingerprint density at radius 3 is 1.63 bits per heavy atom. The molecule has 0 unspecified atom stereocenters. The molecule has 0 saturated carbocycles. The van der Waals surface area contributed by atoms with E-state index in [4.69, 9.17) is 70.9 Å². The molecule has 0 aliphatic heterocycles. The largest absolute Gasteiger partial charge is 0.457 e. The fraction of sp³-hybridized carbons (Fsp3) is 0. The van der Waals surface area contributed by atoms with Gasteiger partial charge in [-0.25, -0.2) is 0 Å². The Hall–Kier alpha value is -1.80. The number of hydrogen-bond donors (Lipinski definition) is 0. The van der Waals surface area contributed by atoms with E-state index in [1.165, 1.54) is 0 Å². The molecular weight excluding hydrogens is 343 g/mol. The molecule has 3 aromatic carbocycles. The van der Waals surface area contributed by atoms with E-state index in [2.05, 4.69) is 0 Å². The van der Waals surface area contributed by atoms with Gasteiger partial charge >= 0.3 is 0 Å². The Morgan fingerprint density at radius 1 is 0.556 bits per heavy atom. The Labute approximate surface area is 171 Å². The second kappa shape index (κ2) is 6.38. The van der Waals surface area contributed by atoms with E-state index in [0.29, 0.717) is 37.9 Å². The van der Waals surface area contributed by atoms with Crippen molar-refractivity contribution in [2.45, 2.75) is 0 Å². The highest BCUT2D eigenvalue weighted by molar-refractivity contribution is 6.69. The van der Waals surface area contributed by atoms with Crippen LogP contribution in [0.15, 0.2) is 28.7 Å². The highest BCUT2D eigenvalue weighted by Crippen LogP contribution is 2.26. The van der Waals surface area contributed by atoms with E-state index in [9.17, 15) is 0 Å². The van der Waals surface area contributed by atoms with Crippen LogP contribution in [0.3, 0.4) is 0 Å². The summed E-state index contributed by atoms with van der Waals surface area (Å²) in [6, 6.07) is 7.03. The number of rotatable bonds is 1. The molecule has 14 radical (unpaired) electrons. The lowest BCUT2D eigenvalue weighted by molar-refractivity contribution is 0.675. The van der Waals surface area contributed by atoms with Crippen molar-refractivity contribution in [2.24, 2.45) is 0 Å². The van der Waals surface area contributed by atoms with Crippen molar-refractivity contribution in [1.82, 2.24) is 0 Å². The monoisotopic (exact) mass is 348 g/mol. The molecular formula is C18H4B7ClO. The van der Waals surface area contributed by atoms with Crippen molar-refractivity contribution in [2.75, 3.05) is 0 Å². The van der Waals surface area contributed by atoms with E-state index in [1.807, 2.05) is 0 Å². The van der Waals surface area contributed by atoms with Gasteiger partial charge in [0, 0.05) is 15.8 Å². The molecule has 0 atom stereocenters. The Morgan fingerprint density at radius 2 is 1.04 bits per heavy atom. The molecule has 1 nitrogen and oxygen atoms in total. The molecule has 110 valence electrons. The summed E-state index contributed by atoms with van der Waals surface area (Å²) >= 11 is 5.97. The summed E-state index contributed by atoms with van der Waals surface area (Å²) in [6.07, 6.45) is 0. The zero-order valence-corrected chi connectivity index (χ0v) is 14.9. The maximum Gasteiger partial charge on any atom is 0.128 e. The lowest BCUT2D eigenvalue weighted by Gasteiger charge is -2.16. The molecule has 4 aromatic rings. The van der Waals surface area contributed by atoms with E-state index in [-0.39, 0.29) is 32.9 Å². The van der Waals surface area contributed by atoms with Crippen LogP contribution in [0.5, 0.6) is 0 Å². The van der Waals surface area contributed by atoms with Crippen LogP contribution < -0.4 is 38.2 Å². The summed E-state index contributed by atoms with van der Waals surface area (Å²) in [5.41, 5.74) is 3.37. The zero-order chi connectivity index (χ0) is 19.6. The van der Waals surface area contributed by atoms with Crippen LogP contribution in [0, 0.1) is 0 Å². The summed E-state index contributed by atoms with van der Waals surface area (Å²) in [5.74, 6) is 0. The van der Waals surface area contributed by atoms with Gasteiger partial charge in [-0.3, -0.25) is 0 Å². The molecule has 0 saturated heterocycles. The lowest BCUT2D eigenvalue weighted by Crippen LogP contribution is -2.47. The van der Waals surface area contributed by atoms with Crippen molar-refractivity contribution in [3.63, 3.8) is 0 Å². The minimum absolute atomic E-state index is 0.141. The Balaban J connectivity index is 2.21. The molecule has 0 aliphatic carbocycles. The fourth-order valence-electron chi connectivity index (χ4n) is 3.33. The first kappa shape index (κ1) is 18.6. The third-order valence-corrected chi connectivity index (χ3v) is 5.02. The average molecular weight is 347 g/mol. The first-order valence-electron chi connectivity index (χ1n) is 7.94. The fourth-order valence-corrected chi connectivity index (χ4v) is 3.45. The number of halogens is 1. The van der Waals surface area contributed by atoms with E-state index < -0.39 is 0 Å². The second-order valence-corrected chi connectivity index (χ2v) is 6.72. The van der Waals surface area contributed by atoms with Crippen molar-refractivity contribution in [3.05, 3.63) is 29.3 Å². The molecule has 0 amide bonds. The third-order valence-electron chi connectivity index (χ3n) is 4.77. The van der Waals surface area contributed by atoms with E-state index in [0.717, 1.165) is 5.56 Å². The maximum atomic E-state index is 6.39. The van der Waals surface area contributed by atoms with Gasteiger partial charge in [0.25, 0.3) is 0 Å². The first-order valence-corrected chi connectivity index (χ1v) is 8.32. The summed E-state index contributed by atoms with van der Waals surface area (Å²) < 4.78 is 5.93. The summed E-state index contributed by atoms with van der Waals surface area (Å²) in [6.45, 7) is 0. The number of furan rings is 1. The van der Waals surface area contributed by atoms with Gasteiger partial charge in [-0.1, -0.05) is 45.6 Å². The van der Waals surface area contributed by atoms with E-state index >= 15 is 0 Å². The predicted molar refractivity (Wildman–Crippen MR) is 122 cm³/mol. The Bertz CT molecular complexity index is 1250. The topological polar surface area (TPSA) is 13.1 Å². The molecule has 0 bridgehead atoms. The SMILES string of the molecule is [B]c1c([B])c([B])c2c(oc3c([B])c(-c4ccc(Cl)cc4)c([B])c([B])c32)c1[B]. The van der Waals surface area contributed by atoms with Crippen LogP contribution in [0.25, 0.3) is 33.1 Å². The van der Waals surface area contributed by atoms with Crippen molar-refractivity contribution < 1.29 is 4.42 Å². The van der Waals surface area contributed by atoms with Crippen LogP contribution >= 0.6 is 11.6 Å². The molecule has 0 N–H and O–H groups in total. The first-order chi connectivity index (χ1) is 12.7. The second-order valence-electron chi connectivity index (χ2n) is 6.29. The smallest absolute Gasteiger partial charge is 0.128 e. The molecule has 0 fully saturated rings. The molecule has 9 heteroatoms. The molecule has 0 aliphatic rings. The minimum Gasteiger partial charge on any atom is -0.457 e. The normalized spacial score (nSPS) is 11.4. The van der Waals surface area contributed by atoms with Crippen LogP contribution in [-0.4, -0.2) is 54.9 Å². The summed E-state index contributed by atoms with van der Waals surface area (Å²) in [5, 5.41) is 1.47. The van der Waals surface area contributed by atoms with Crippen molar-refractivity contribution in [3.8, 4) is 11.1 Å². The highest BCUT2D eigenvalue weighted by Gasteiger charge is 2.21. The van der Waals surface area contributed by atoms with Gasteiger partial charge in [0.05, 0.1) is 0 Å². The standard InChI is InChI=1S/C18H4B7ClO/c19-10-7(5-1-3-6(26)4-2-5)13(22)17-8(11(10)20)9-12(21)14(23)15(24)16(25)18(9)27-17/h1-4H. The lowest BCUT2D eigenvalue weighted by atomic mass is 9.64. The number of benzene rings is 3. The van der Waals surface area contributed by atoms with Gasteiger partial charge in [-0.05, 0) is 28.7 Å². The van der Waals surface area contributed by atoms with Gasteiger partial charge < -0.3 is 4.42 Å². The van der Waals surface area contributed by atoms with Crippen LogP contribution in [0.4, 0.5) is 0 Å². The quantitative estimate of drug-likeness (QED) is 0.346. The molecule has 1 heterocycles. The van der Waals surface area contributed by atoms with Gasteiger partial charge in [0.1, 0.15) is 66.1 Å². The Kier molecular flexibility index (Phi) is 4.38. The van der Waals surface area contributed by atoms with Crippen molar-refractivity contribution in [1.29, 1.82) is 0 Å². The molecule has 0 spiro atoms. The maximum absolute atomic E-state index is 6.39. The van der Waals surface area contributed by atoms with Crippen molar-refractivity contribution >= 4 is 127 Å². The van der Waals surface area contributed by atoms with Gasteiger partial charge in [0.15, 0.2) is 0 Å². The van der Waals surface area contributed by atoms with Gasteiger partial charge in [0.2, 0.25) is 0 Å².